The first kappa shape index (κ1) is 13.1. The quantitative estimate of drug-likeness (QED) is 0.862. The molecule has 0 radical (unpaired) electrons. The fourth-order valence-corrected chi connectivity index (χ4v) is 2.17. The molecule has 94 valence electrons. The fraction of sp³-hybridized carbons (Fsp3) is 0.231. The summed E-state index contributed by atoms with van der Waals surface area (Å²) in [5, 5.41) is 4.48. The highest BCUT2D eigenvalue weighted by Gasteiger charge is 2.07. The van der Waals surface area contributed by atoms with Gasteiger partial charge in [-0.15, -0.1) is 0 Å². The Morgan fingerprint density at radius 2 is 2.06 bits per heavy atom. The minimum absolute atomic E-state index is 0.501. The van der Waals surface area contributed by atoms with E-state index in [1.807, 2.05) is 31.2 Å². The first-order valence-corrected chi connectivity index (χ1v) is 6.44. The molecule has 1 aromatic carbocycles. The molecule has 1 heterocycles. The first-order chi connectivity index (χ1) is 8.70. The molecule has 0 amide bonds. The van der Waals surface area contributed by atoms with Crippen molar-refractivity contribution in [2.75, 3.05) is 5.32 Å². The first-order valence-electron chi connectivity index (χ1n) is 5.68. The lowest BCUT2D eigenvalue weighted by Gasteiger charge is -2.10. The number of hydrogen-bond donors (Lipinski definition) is 1. The summed E-state index contributed by atoms with van der Waals surface area (Å²) in [5.74, 6) is 0.775. The SMILES string of the molecule is CCc1c(Cl)ncnc1NCc1cccc(Cl)c1. The second-order valence-corrected chi connectivity index (χ2v) is 4.62. The molecule has 1 aromatic heterocycles. The Morgan fingerprint density at radius 1 is 1.22 bits per heavy atom. The minimum Gasteiger partial charge on any atom is -0.366 e. The molecule has 2 aromatic rings. The van der Waals surface area contributed by atoms with Crippen molar-refractivity contribution in [2.24, 2.45) is 0 Å². The number of anilines is 1. The second kappa shape index (κ2) is 6.03. The molecular formula is C13H13Cl2N3. The molecule has 2 rings (SSSR count). The maximum atomic E-state index is 6.02. The highest BCUT2D eigenvalue weighted by molar-refractivity contribution is 6.30. The number of nitrogens with zero attached hydrogens (tertiary/aromatic N) is 2. The lowest BCUT2D eigenvalue weighted by Crippen LogP contribution is -2.05. The molecule has 1 N–H and O–H groups in total. The van der Waals surface area contributed by atoms with E-state index >= 15 is 0 Å². The van der Waals surface area contributed by atoms with Crippen molar-refractivity contribution in [1.29, 1.82) is 0 Å². The van der Waals surface area contributed by atoms with E-state index in [1.165, 1.54) is 6.33 Å². The van der Waals surface area contributed by atoms with E-state index in [-0.39, 0.29) is 0 Å². The Labute approximate surface area is 116 Å². The van der Waals surface area contributed by atoms with Crippen LogP contribution in [0.5, 0.6) is 0 Å². The molecule has 0 aliphatic rings. The monoisotopic (exact) mass is 281 g/mol. The van der Waals surface area contributed by atoms with Gasteiger partial charge in [0, 0.05) is 17.1 Å². The summed E-state index contributed by atoms with van der Waals surface area (Å²) >= 11 is 12.0. The van der Waals surface area contributed by atoms with Crippen molar-refractivity contribution in [3.8, 4) is 0 Å². The van der Waals surface area contributed by atoms with Crippen molar-refractivity contribution in [1.82, 2.24) is 9.97 Å². The predicted molar refractivity (Wildman–Crippen MR) is 75.2 cm³/mol. The maximum absolute atomic E-state index is 6.02. The van der Waals surface area contributed by atoms with E-state index in [0.717, 1.165) is 28.4 Å². The second-order valence-electron chi connectivity index (χ2n) is 3.83. The Kier molecular flexibility index (Phi) is 4.39. The minimum atomic E-state index is 0.501. The summed E-state index contributed by atoms with van der Waals surface area (Å²) in [4.78, 5) is 8.18. The van der Waals surface area contributed by atoms with Gasteiger partial charge in [0.2, 0.25) is 0 Å². The Balaban J connectivity index is 2.13. The van der Waals surface area contributed by atoms with Gasteiger partial charge >= 0.3 is 0 Å². The Morgan fingerprint density at radius 3 is 2.78 bits per heavy atom. The highest BCUT2D eigenvalue weighted by atomic mass is 35.5. The van der Waals surface area contributed by atoms with Crippen LogP contribution in [0, 0.1) is 0 Å². The summed E-state index contributed by atoms with van der Waals surface area (Å²) in [6.07, 6.45) is 2.25. The molecule has 0 saturated heterocycles. The van der Waals surface area contributed by atoms with Gasteiger partial charge in [-0.2, -0.15) is 0 Å². The molecule has 0 saturated carbocycles. The van der Waals surface area contributed by atoms with E-state index in [0.29, 0.717) is 11.7 Å². The van der Waals surface area contributed by atoms with E-state index in [1.54, 1.807) is 0 Å². The Bertz CT molecular complexity index is 544. The van der Waals surface area contributed by atoms with Crippen LogP contribution in [0.4, 0.5) is 5.82 Å². The van der Waals surface area contributed by atoms with Gasteiger partial charge < -0.3 is 5.32 Å². The van der Waals surface area contributed by atoms with Gasteiger partial charge in [-0.3, -0.25) is 0 Å². The summed E-state index contributed by atoms with van der Waals surface area (Å²) < 4.78 is 0. The lowest BCUT2D eigenvalue weighted by atomic mass is 10.2. The van der Waals surface area contributed by atoms with Crippen LogP contribution < -0.4 is 5.32 Å². The third-order valence-electron chi connectivity index (χ3n) is 2.60. The zero-order valence-electron chi connectivity index (χ0n) is 9.95. The zero-order chi connectivity index (χ0) is 13.0. The molecular weight excluding hydrogens is 269 g/mol. The van der Waals surface area contributed by atoms with Crippen LogP contribution in [-0.2, 0) is 13.0 Å². The van der Waals surface area contributed by atoms with E-state index in [4.69, 9.17) is 23.2 Å². The zero-order valence-corrected chi connectivity index (χ0v) is 11.5. The molecule has 0 bridgehead atoms. The number of nitrogens with one attached hydrogen (secondary N) is 1. The average molecular weight is 282 g/mol. The highest BCUT2D eigenvalue weighted by Crippen LogP contribution is 2.21. The molecule has 0 fully saturated rings. The summed E-state index contributed by atoms with van der Waals surface area (Å²) in [5.41, 5.74) is 2.03. The van der Waals surface area contributed by atoms with Gasteiger partial charge in [0.15, 0.2) is 0 Å². The molecule has 0 unspecified atom stereocenters. The third-order valence-corrected chi connectivity index (χ3v) is 3.16. The van der Waals surface area contributed by atoms with Crippen LogP contribution in [0.25, 0.3) is 0 Å². The molecule has 3 nitrogen and oxygen atoms in total. The maximum Gasteiger partial charge on any atom is 0.137 e. The van der Waals surface area contributed by atoms with Crippen molar-refractivity contribution >= 4 is 29.0 Å². The van der Waals surface area contributed by atoms with Gasteiger partial charge in [0.25, 0.3) is 0 Å². The summed E-state index contributed by atoms with van der Waals surface area (Å²) in [7, 11) is 0. The number of rotatable bonds is 4. The molecule has 5 heteroatoms. The lowest BCUT2D eigenvalue weighted by molar-refractivity contribution is 1.01. The predicted octanol–water partition coefficient (Wildman–Crippen LogP) is 3.96. The van der Waals surface area contributed by atoms with Crippen LogP contribution in [0.15, 0.2) is 30.6 Å². The number of aromatic nitrogens is 2. The molecule has 0 spiro atoms. The van der Waals surface area contributed by atoms with Crippen LogP contribution >= 0.6 is 23.2 Å². The van der Waals surface area contributed by atoms with E-state index in [9.17, 15) is 0 Å². The van der Waals surface area contributed by atoms with Crippen molar-refractivity contribution < 1.29 is 0 Å². The molecule has 0 atom stereocenters. The van der Waals surface area contributed by atoms with Gasteiger partial charge in [0.05, 0.1) is 0 Å². The van der Waals surface area contributed by atoms with Crippen molar-refractivity contribution in [3.63, 3.8) is 0 Å². The van der Waals surface area contributed by atoms with Gasteiger partial charge in [-0.25, -0.2) is 9.97 Å². The summed E-state index contributed by atoms with van der Waals surface area (Å²) in [6.45, 7) is 2.68. The average Bonchev–Trinajstić information content (AvgIpc) is 2.36. The Hall–Kier alpha value is -1.32. The van der Waals surface area contributed by atoms with Crippen LogP contribution in [0.1, 0.15) is 18.1 Å². The van der Waals surface area contributed by atoms with Gasteiger partial charge in [0.1, 0.15) is 17.3 Å². The van der Waals surface area contributed by atoms with Gasteiger partial charge in [-0.1, -0.05) is 42.3 Å². The van der Waals surface area contributed by atoms with Crippen molar-refractivity contribution in [2.45, 2.75) is 19.9 Å². The topological polar surface area (TPSA) is 37.8 Å². The third kappa shape index (κ3) is 3.12. The van der Waals surface area contributed by atoms with Crippen molar-refractivity contribution in [3.05, 3.63) is 51.9 Å². The normalized spacial score (nSPS) is 10.4. The summed E-state index contributed by atoms with van der Waals surface area (Å²) in [6, 6.07) is 7.70. The van der Waals surface area contributed by atoms with Gasteiger partial charge in [-0.05, 0) is 24.1 Å². The molecule has 18 heavy (non-hydrogen) atoms. The van der Waals surface area contributed by atoms with Crippen LogP contribution in [0.3, 0.4) is 0 Å². The van der Waals surface area contributed by atoms with Crippen LogP contribution in [-0.4, -0.2) is 9.97 Å². The largest absolute Gasteiger partial charge is 0.366 e. The number of halogens is 2. The molecule has 0 aliphatic heterocycles. The molecule has 0 aliphatic carbocycles. The van der Waals surface area contributed by atoms with Crippen LogP contribution in [0.2, 0.25) is 10.2 Å². The van der Waals surface area contributed by atoms with E-state index in [2.05, 4.69) is 15.3 Å². The number of benzene rings is 1. The fourth-order valence-electron chi connectivity index (χ4n) is 1.69. The number of hydrogen-bond acceptors (Lipinski definition) is 3. The standard InChI is InChI=1S/C13H13Cl2N3/c1-2-11-12(15)17-8-18-13(11)16-7-9-4-3-5-10(14)6-9/h3-6,8H,2,7H2,1H3,(H,16,17,18). The van der Waals surface area contributed by atoms with E-state index < -0.39 is 0 Å². The smallest absolute Gasteiger partial charge is 0.137 e.